The first-order valence-corrected chi connectivity index (χ1v) is 14.8. The van der Waals surface area contributed by atoms with Crippen LogP contribution in [0.3, 0.4) is 0 Å². The monoisotopic (exact) mass is 475 g/mol. The second-order valence-electron chi connectivity index (χ2n) is 8.42. The van der Waals surface area contributed by atoms with E-state index in [-0.39, 0.29) is 9.74 Å². The van der Waals surface area contributed by atoms with Gasteiger partial charge in [-0.25, -0.2) is 0 Å². The van der Waals surface area contributed by atoms with Crippen molar-refractivity contribution in [3.05, 3.63) is 48.5 Å². The van der Waals surface area contributed by atoms with Crippen LogP contribution in [0.4, 0.5) is 11.4 Å². The average Bonchev–Trinajstić information content (AvgIpc) is 3.30. The fraction of sp³-hybridized carbons (Fsp3) is 0.500. The predicted octanol–water partition coefficient (Wildman–Crippen LogP) is 6.99. The highest BCUT2D eigenvalue weighted by molar-refractivity contribution is 8.05. The highest BCUT2D eigenvalue weighted by Gasteiger charge is 2.78. The minimum absolute atomic E-state index is 0.00226. The Morgan fingerprint density at radius 2 is 1.73 bits per heavy atom. The summed E-state index contributed by atoms with van der Waals surface area (Å²) in [6, 6.07) is 18.3. The van der Waals surface area contributed by atoms with E-state index in [1.165, 1.54) is 39.3 Å². The van der Waals surface area contributed by atoms with E-state index < -0.39 is 0 Å². The van der Waals surface area contributed by atoms with Crippen molar-refractivity contribution in [3.63, 3.8) is 0 Å². The zero-order valence-corrected chi connectivity index (χ0v) is 21.5. The number of thioether (sulfide) groups is 4. The van der Waals surface area contributed by atoms with Crippen LogP contribution in [0.15, 0.2) is 58.3 Å². The minimum Gasteiger partial charge on any atom is -0.349 e. The smallest absolute Gasteiger partial charge is 0.192 e. The van der Waals surface area contributed by atoms with Crippen molar-refractivity contribution < 1.29 is 0 Å². The van der Waals surface area contributed by atoms with Gasteiger partial charge in [0.25, 0.3) is 0 Å². The largest absolute Gasteiger partial charge is 0.349 e. The van der Waals surface area contributed by atoms with E-state index in [0.717, 1.165) is 11.0 Å². The Balaban J connectivity index is 1.60. The molecular formula is C24H31N2S4+. The van der Waals surface area contributed by atoms with Gasteiger partial charge in [0, 0.05) is 30.2 Å². The van der Waals surface area contributed by atoms with Crippen molar-refractivity contribution in [2.75, 3.05) is 35.2 Å². The first-order valence-electron chi connectivity index (χ1n) is 10.9. The van der Waals surface area contributed by atoms with Gasteiger partial charge in [0.1, 0.15) is 12.2 Å². The molecule has 3 aliphatic heterocycles. The van der Waals surface area contributed by atoms with Crippen LogP contribution in [0.1, 0.15) is 27.7 Å². The van der Waals surface area contributed by atoms with Gasteiger partial charge >= 0.3 is 0 Å². The van der Waals surface area contributed by atoms with Crippen LogP contribution in [0, 0.1) is 0 Å². The molecule has 160 valence electrons. The lowest BCUT2D eigenvalue weighted by molar-refractivity contribution is 0.301. The highest BCUT2D eigenvalue weighted by atomic mass is 32.2. The maximum Gasteiger partial charge on any atom is 0.192 e. The summed E-state index contributed by atoms with van der Waals surface area (Å²) in [4.78, 5) is 5.74. The van der Waals surface area contributed by atoms with Crippen LogP contribution < -0.4 is 9.38 Å². The number of para-hydroxylation sites is 2. The standard InChI is InChI=1S/C24H31N2S4/c1-5-27-16-15-25-18-11-7-9-13-20(18)29-23(25,3)24(4)26(17-22(26)28-6-2)19-12-8-10-14-21(19)30-24/h7-14,22H,5-6,15-17H2,1-4H3/q+1. The Morgan fingerprint density at radius 1 is 1.00 bits per heavy atom. The third kappa shape index (κ3) is 2.86. The molecule has 1 fully saturated rings. The van der Waals surface area contributed by atoms with Crippen molar-refractivity contribution >= 4 is 58.4 Å². The third-order valence-electron chi connectivity index (χ3n) is 7.03. The molecule has 3 heterocycles. The lowest BCUT2D eigenvalue weighted by Gasteiger charge is -2.49. The Bertz CT molecular complexity index is 952. The molecule has 4 atom stereocenters. The lowest BCUT2D eigenvalue weighted by Crippen LogP contribution is -2.65. The second kappa shape index (κ2) is 7.87. The first-order chi connectivity index (χ1) is 14.5. The van der Waals surface area contributed by atoms with Crippen LogP contribution in [0.5, 0.6) is 0 Å². The van der Waals surface area contributed by atoms with Crippen molar-refractivity contribution in [1.29, 1.82) is 0 Å². The molecule has 2 aromatic carbocycles. The Labute approximate surface area is 198 Å². The average molecular weight is 476 g/mol. The second-order valence-corrected chi connectivity index (χ2v) is 14.1. The number of hydrogen-bond acceptors (Lipinski definition) is 5. The summed E-state index contributed by atoms with van der Waals surface area (Å²) >= 11 is 8.45. The predicted molar refractivity (Wildman–Crippen MR) is 140 cm³/mol. The van der Waals surface area contributed by atoms with Gasteiger partial charge in [0.05, 0.1) is 10.6 Å². The van der Waals surface area contributed by atoms with Gasteiger partial charge in [-0.1, -0.05) is 61.6 Å². The Morgan fingerprint density at radius 3 is 2.50 bits per heavy atom. The highest BCUT2D eigenvalue weighted by Crippen LogP contribution is 2.72. The molecule has 4 unspecified atom stereocenters. The third-order valence-corrected chi connectivity index (χ3v) is 12.5. The topological polar surface area (TPSA) is 3.24 Å². The van der Waals surface area contributed by atoms with E-state index in [0.29, 0.717) is 5.37 Å². The van der Waals surface area contributed by atoms with Crippen LogP contribution in [-0.2, 0) is 0 Å². The van der Waals surface area contributed by atoms with Gasteiger partial charge in [-0.3, -0.25) is 4.48 Å². The quantitative estimate of drug-likeness (QED) is 0.240. The zero-order chi connectivity index (χ0) is 21.0. The van der Waals surface area contributed by atoms with Crippen molar-refractivity contribution in [2.45, 2.75) is 52.6 Å². The molecule has 0 radical (unpaired) electrons. The fourth-order valence-corrected chi connectivity index (χ4v) is 10.8. The number of nitrogens with zero attached hydrogens (tertiary/aromatic N) is 2. The van der Waals surface area contributed by atoms with Crippen molar-refractivity contribution in [2.24, 2.45) is 0 Å². The number of hydrogen-bond donors (Lipinski definition) is 0. The number of quaternary nitrogens is 1. The maximum atomic E-state index is 2.75. The molecule has 0 bridgehead atoms. The summed E-state index contributed by atoms with van der Waals surface area (Å²) in [5.74, 6) is 3.56. The van der Waals surface area contributed by atoms with Gasteiger partial charge in [0.2, 0.25) is 0 Å². The molecular weight excluding hydrogens is 445 g/mol. The Kier molecular flexibility index (Phi) is 5.63. The summed E-state index contributed by atoms with van der Waals surface area (Å²) in [7, 11) is 0. The summed E-state index contributed by atoms with van der Waals surface area (Å²) < 4.78 is 1.13. The van der Waals surface area contributed by atoms with E-state index in [1.807, 2.05) is 0 Å². The maximum absolute atomic E-state index is 2.75. The molecule has 0 amide bonds. The van der Waals surface area contributed by atoms with Crippen LogP contribution >= 0.6 is 47.0 Å². The molecule has 2 aromatic rings. The molecule has 0 aliphatic carbocycles. The molecule has 30 heavy (non-hydrogen) atoms. The zero-order valence-electron chi connectivity index (χ0n) is 18.3. The minimum atomic E-state index is -0.00226. The molecule has 6 heteroatoms. The van der Waals surface area contributed by atoms with Gasteiger partial charge in [-0.15, -0.1) is 0 Å². The number of benzene rings is 2. The molecule has 1 saturated heterocycles. The van der Waals surface area contributed by atoms with E-state index in [9.17, 15) is 0 Å². The van der Waals surface area contributed by atoms with Crippen LogP contribution in [-0.4, -0.2) is 45.5 Å². The summed E-state index contributed by atoms with van der Waals surface area (Å²) in [6.07, 6.45) is 0. The van der Waals surface area contributed by atoms with Gasteiger partial charge in [0.15, 0.2) is 15.1 Å². The molecule has 0 saturated carbocycles. The van der Waals surface area contributed by atoms with Crippen LogP contribution in [0.25, 0.3) is 0 Å². The molecule has 5 rings (SSSR count). The molecule has 0 aromatic heterocycles. The molecule has 0 N–H and O–H groups in total. The van der Waals surface area contributed by atoms with E-state index >= 15 is 0 Å². The fourth-order valence-electron chi connectivity index (χ4n) is 5.38. The molecule has 2 nitrogen and oxygen atoms in total. The van der Waals surface area contributed by atoms with E-state index in [1.54, 1.807) is 5.69 Å². The van der Waals surface area contributed by atoms with E-state index in [4.69, 9.17) is 0 Å². The van der Waals surface area contributed by atoms with Gasteiger partial charge in [-0.05, 0) is 48.4 Å². The van der Waals surface area contributed by atoms with Gasteiger partial charge in [-0.2, -0.15) is 11.8 Å². The van der Waals surface area contributed by atoms with E-state index in [2.05, 4.69) is 128 Å². The van der Waals surface area contributed by atoms with Crippen LogP contribution in [0.2, 0.25) is 0 Å². The van der Waals surface area contributed by atoms with Gasteiger partial charge < -0.3 is 4.90 Å². The molecule has 3 aliphatic rings. The number of anilines is 1. The SMILES string of the molecule is CCSCCN1c2ccccc2SC1(C)C1(C)Sc2ccccc2[N+]12CC2SCC. The van der Waals surface area contributed by atoms with Crippen molar-refractivity contribution in [1.82, 2.24) is 4.48 Å². The normalized spacial score (nSPS) is 33.7. The lowest BCUT2D eigenvalue weighted by atomic mass is 10.0. The number of rotatable bonds is 7. The first kappa shape index (κ1) is 21.4. The number of fused-ring (bicyclic) bond motifs is 3. The molecule has 1 spiro atoms. The Hall–Kier alpha value is -0.400. The summed E-state index contributed by atoms with van der Waals surface area (Å²) in [6.45, 7) is 12.0. The summed E-state index contributed by atoms with van der Waals surface area (Å²) in [5.41, 5.74) is 2.98. The van der Waals surface area contributed by atoms with Crippen molar-refractivity contribution in [3.8, 4) is 0 Å². The summed E-state index contributed by atoms with van der Waals surface area (Å²) in [5, 5.41) is 0.671.